The molecule has 1 aromatic heterocycles. The van der Waals surface area contributed by atoms with E-state index in [4.69, 9.17) is 0 Å². The molecule has 0 radical (unpaired) electrons. The van der Waals surface area contributed by atoms with E-state index in [9.17, 15) is 13.2 Å². The van der Waals surface area contributed by atoms with E-state index in [1.54, 1.807) is 18.3 Å². The van der Waals surface area contributed by atoms with E-state index in [2.05, 4.69) is 39.5 Å². The first kappa shape index (κ1) is 21.9. The van der Waals surface area contributed by atoms with Gasteiger partial charge < -0.3 is 5.32 Å². The number of aromatic nitrogens is 1. The van der Waals surface area contributed by atoms with Gasteiger partial charge in [0.25, 0.3) is 0 Å². The zero-order chi connectivity index (χ0) is 21.7. The van der Waals surface area contributed by atoms with E-state index in [0.717, 1.165) is 32.5 Å². The molecular weight excluding hydrogens is 412 g/mol. The van der Waals surface area contributed by atoms with Gasteiger partial charge in [-0.3, -0.25) is 14.7 Å². The molecule has 166 valence electrons. The van der Waals surface area contributed by atoms with Gasteiger partial charge in [0.05, 0.1) is 0 Å². The molecule has 2 aliphatic heterocycles. The first-order valence-corrected chi connectivity index (χ1v) is 12.4. The van der Waals surface area contributed by atoms with Crippen molar-refractivity contribution in [2.75, 3.05) is 26.2 Å². The van der Waals surface area contributed by atoms with Crippen LogP contribution in [0.2, 0.25) is 0 Å². The van der Waals surface area contributed by atoms with Crippen LogP contribution in [0, 0.1) is 5.92 Å². The molecule has 8 heteroatoms. The van der Waals surface area contributed by atoms with Crippen molar-refractivity contribution in [2.45, 2.75) is 43.2 Å². The Labute approximate surface area is 184 Å². The number of piperidine rings is 2. The lowest BCUT2D eigenvalue weighted by Gasteiger charge is -2.34. The van der Waals surface area contributed by atoms with Gasteiger partial charge in [-0.05, 0) is 43.4 Å². The van der Waals surface area contributed by atoms with Gasteiger partial charge in [0.15, 0.2) is 0 Å². The Morgan fingerprint density at radius 2 is 1.68 bits per heavy atom. The second-order valence-electron chi connectivity index (χ2n) is 8.41. The maximum atomic E-state index is 12.8. The monoisotopic (exact) mass is 442 g/mol. The third kappa shape index (κ3) is 5.50. The third-order valence-electron chi connectivity index (χ3n) is 6.28. The van der Waals surface area contributed by atoms with Crippen LogP contribution in [-0.2, 0) is 21.4 Å². The van der Waals surface area contributed by atoms with E-state index in [1.165, 1.54) is 16.1 Å². The van der Waals surface area contributed by atoms with Crippen LogP contribution in [0.5, 0.6) is 0 Å². The van der Waals surface area contributed by atoms with E-state index < -0.39 is 10.0 Å². The van der Waals surface area contributed by atoms with Crippen LogP contribution in [0.4, 0.5) is 0 Å². The molecule has 0 aliphatic carbocycles. The molecule has 1 amide bonds. The van der Waals surface area contributed by atoms with Crippen molar-refractivity contribution in [2.24, 2.45) is 5.92 Å². The molecule has 2 fully saturated rings. The summed E-state index contributed by atoms with van der Waals surface area (Å²) in [5.74, 6) is -0.0531. The van der Waals surface area contributed by atoms with Crippen LogP contribution < -0.4 is 5.32 Å². The lowest BCUT2D eigenvalue weighted by molar-refractivity contribution is -0.127. The molecule has 2 aromatic rings. The summed E-state index contributed by atoms with van der Waals surface area (Å²) in [7, 11) is -3.54. The molecule has 2 saturated heterocycles. The molecule has 1 aromatic carbocycles. The minimum atomic E-state index is -3.54. The van der Waals surface area contributed by atoms with E-state index >= 15 is 0 Å². The number of amides is 1. The summed E-state index contributed by atoms with van der Waals surface area (Å²) < 4.78 is 26.9. The summed E-state index contributed by atoms with van der Waals surface area (Å²) in [6.07, 6.45) is 5.94. The molecular formula is C23H30N4O3S. The highest BCUT2D eigenvalue weighted by molar-refractivity contribution is 7.89. The van der Waals surface area contributed by atoms with E-state index in [1.807, 2.05) is 6.07 Å². The Morgan fingerprint density at radius 1 is 0.968 bits per heavy atom. The molecule has 0 unspecified atom stereocenters. The van der Waals surface area contributed by atoms with Crippen LogP contribution in [0.1, 0.15) is 31.2 Å². The van der Waals surface area contributed by atoms with E-state index in [-0.39, 0.29) is 22.8 Å². The summed E-state index contributed by atoms with van der Waals surface area (Å²) in [5.41, 5.74) is 1.32. The number of carbonyl (C=O) groups excluding carboxylic acids is 1. The van der Waals surface area contributed by atoms with Crippen molar-refractivity contribution in [3.63, 3.8) is 0 Å². The molecule has 2 aliphatic rings. The molecule has 0 atom stereocenters. The van der Waals surface area contributed by atoms with Crippen molar-refractivity contribution in [1.82, 2.24) is 19.5 Å². The number of nitrogens with zero attached hydrogens (tertiary/aromatic N) is 3. The maximum Gasteiger partial charge on any atom is 0.244 e. The minimum Gasteiger partial charge on any atom is -0.353 e. The lowest BCUT2D eigenvalue weighted by atomic mass is 9.95. The van der Waals surface area contributed by atoms with Crippen LogP contribution in [0.3, 0.4) is 0 Å². The lowest BCUT2D eigenvalue weighted by Crippen LogP contribution is -2.48. The number of likely N-dealkylation sites (tertiary alicyclic amines) is 1. The Bertz CT molecular complexity index is 953. The second-order valence-corrected chi connectivity index (χ2v) is 10.3. The van der Waals surface area contributed by atoms with Crippen LogP contribution in [0.15, 0.2) is 59.8 Å². The molecule has 1 N–H and O–H groups in total. The number of benzene rings is 1. The largest absolute Gasteiger partial charge is 0.353 e. The fourth-order valence-electron chi connectivity index (χ4n) is 4.40. The molecule has 4 rings (SSSR count). The zero-order valence-corrected chi connectivity index (χ0v) is 18.5. The number of hydrogen-bond acceptors (Lipinski definition) is 5. The maximum absolute atomic E-state index is 12.8. The zero-order valence-electron chi connectivity index (χ0n) is 17.7. The average molecular weight is 443 g/mol. The summed E-state index contributed by atoms with van der Waals surface area (Å²) in [4.78, 5) is 19.3. The van der Waals surface area contributed by atoms with Crippen molar-refractivity contribution in [1.29, 1.82) is 0 Å². The van der Waals surface area contributed by atoms with Gasteiger partial charge >= 0.3 is 0 Å². The Balaban J connectivity index is 1.22. The van der Waals surface area contributed by atoms with Gasteiger partial charge in [-0.15, -0.1) is 0 Å². The first-order valence-electron chi connectivity index (χ1n) is 11.0. The predicted octanol–water partition coefficient (Wildman–Crippen LogP) is 2.26. The number of hydrogen-bond donors (Lipinski definition) is 1. The Morgan fingerprint density at radius 3 is 2.32 bits per heavy atom. The third-order valence-corrected chi connectivity index (χ3v) is 8.16. The molecule has 0 spiro atoms. The van der Waals surface area contributed by atoms with Crippen LogP contribution >= 0.6 is 0 Å². The van der Waals surface area contributed by atoms with Gasteiger partial charge in [-0.2, -0.15) is 4.31 Å². The quantitative estimate of drug-likeness (QED) is 0.742. The smallest absolute Gasteiger partial charge is 0.244 e. The highest BCUT2D eigenvalue weighted by Crippen LogP contribution is 2.24. The van der Waals surface area contributed by atoms with Gasteiger partial charge in [0.1, 0.15) is 4.90 Å². The summed E-state index contributed by atoms with van der Waals surface area (Å²) in [6.45, 7) is 3.63. The number of carbonyl (C=O) groups is 1. The van der Waals surface area contributed by atoms with Gasteiger partial charge in [-0.1, -0.05) is 30.3 Å². The topological polar surface area (TPSA) is 82.6 Å². The summed E-state index contributed by atoms with van der Waals surface area (Å²) in [5, 5.41) is 3.21. The summed E-state index contributed by atoms with van der Waals surface area (Å²) >= 11 is 0. The van der Waals surface area contributed by atoms with Crippen molar-refractivity contribution in [3.05, 3.63) is 60.4 Å². The molecule has 7 nitrogen and oxygen atoms in total. The number of nitrogens with one attached hydrogen (secondary N) is 1. The predicted molar refractivity (Wildman–Crippen MR) is 119 cm³/mol. The first-order chi connectivity index (χ1) is 15.0. The standard InChI is InChI=1S/C23H30N4O3S/c28-23(25-21-10-13-26(14-11-21)18-19-5-2-1-3-6-19)20-8-15-27(16-9-20)31(29,30)22-7-4-12-24-17-22/h1-7,12,17,20-21H,8-11,13-16,18H2,(H,25,28). The second kappa shape index (κ2) is 9.89. The van der Waals surface area contributed by atoms with Crippen LogP contribution in [0.25, 0.3) is 0 Å². The van der Waals surface area contributed by atoms with Crippen molar-refractivity contribution < 1.29 is 13.2 Å². The SMILES string of the molecule is O=C(NC1CCN(Cc2ccccc2)CC1)C1CCN(S(=O)(=O)c2cccnc2)CC1. The Hall–Kier alpha value is -2.29. The summed E-state index contributed by atoms with van der Waals surface area (Å²) in [6, 6.07) is 13.8. The average Bonchev–Trinajstić information content (AvgIpc) is 2.82. The normalized spacial score (nSPS) is 19.9. The molecule has 0 saturated carbocycles. The highest BCUT2D eigenvalue weighted by atomic mass is 32.2. The number of rotatable bonds is 6. The molecule has 31 heavy (non-hydrogen) atoms. The van der Waals surface area contributed by atoms with Crippen molar-refractivity contribution >= 4 is 15.9 Å². The number of sulfonamides is 1. The van der Waals surface area contributed by atoms with Gasteiger partial charge in [0, 0.05) is 57.1 Å². The number of pyridine rings is 1. The fraction of sp³-hybridized carbons (Fsp3) is 0.478. The van der Waals surface area contributed by atoms with Crippen LogP contribution in [-0.4, -0.2) is 60.7 Å². The van der Waals surface area contributed by atoms with Crippen molar-refractivity contribution in [3.8, 4) is 0 Å². The van der Waals surface area contributed by atoms with Gasteiger partial charge in [0.2, 0.25) is 15.9 Å². The minimum absolute atomic E-state index is 0.0694. The Kier molecular flexibility index (Phi) is 6.99. The van der Waals surface area contributed by atoms with E-state index in [0.29, 0.717) is 25.9 Å². The van der Waals surface area contributed by atoms with Gasteiger partial charge in [-0.25, -0.2) is 8.42 Å². The fourth-order valence-corrected chi connectivity index (χ4v) is 5.84. The molecule has 3 heterocycles. The highest BCUT2D eigenvalue weighted by Gasteiger charge is 2.33. The molecule has 0 bridgehead atoms.